The second-order valence-electron chi connectivity index (χ2n) is 4.45. The van der Waals surface area contributed by atoms with Crippen molar-refractivity contribution in [1.29, 1.82) is 0 Å². The Bertz CT molecular complexity index is 561. The lowest BCUT2D eigenvalue weighted by Crippen LogP contribution is -2.14. The third kappa shape index (κ3) is 2.34. The van der Waals surface area contributed by atoms with Crippen molar-refractivity contribution in [3.05, 3.63) is 41.7 Å². The summed E-state index contributed by atoms with van der Waals surface area (Å²) in [5.74, 6) is -1.23. The average Bonchev–Trinajstić information content (AvgIpc) is 2.62. The van der Waals surface area contributed by atoms with Crippen LogP contribution in [0.25, 0.3) is 5.69 Å². The molecule has 0 aliphatic heterocycles. The molecule has 0 saturated heterocycles. The average molecular weight is 251 g/mol. The molecular formula is C13H15F2N3. The van der Waals surface area contributed by atoms with Crippen molar-refractivity contribution in [2.75, 3.05) is 5.32 Å². The van der Waals surface area contributed by atoms with Gasteiger partial charge in [0, 0.05) is 12.2 Å². The smallest absolute Gasteiger partial charge is 0.208 e. The molecule has 0 amide bonds. The first-order chi connectivity index (χ1) is 8.49. The van der Waals surface area contributed by atoms with E-state index in [1.807, 2.05) is 13.8 Å². The molecule has 1 heterocycles. The third-order valence-electron chi connectivity index (χ3n) is 2.43. The number of nitrogens with one attached hydrogen (secondary N) is 1. The number of benzene rings is 1. The lowest BCUT2D eigenvalue weighted by atomic mass is 10.3. The molecule has 0 aliphatic carbocycles. The van der Waals surface area contributed by atoms with Gasteiger partial charge < -0.3 is 5.32 Å². The van der Waals surface area contributed by atoms with Crippen molar-refractivity contribution < 1.29 is 8.78 Å². The molecule has 96 valence electrons. The Morgan fingerprint density at radius 1 is 1.28 bits per heavy atom. The van der Waals surface area contributed by atoms with Crippen LogP contribution in [0.15, 0.2) is 24.4 Å². The van der Waals surface area contributed by atoms with Gasteiger partial charge in [-0.3, -0.25) is 4.57 Å². The number of aromatic nitrogens is 2. The summed E-state index contributed by atoms with van der Waals surface area (Å²) in [6, 6.07) is 4.24. The van der Waals surface area contributed by atoms with Gasteiger partial charge in [-0.15, -0.1) is 0 Å². The van der Waals surface area contributed by atoms with E-state index in [0.717, 1.165) is 11.8 Å². The van der Waals surface area contributed by atoms with Gasteiger partial charge in [-0.2, -0.15) is 0 Å². The molecule has 1 N–H and O–H groups in total. The number of hydrogen-bond donors (Lipinski definition) is 1. The van der Waals surface area contributed by atoms with E-state index in [1.165, 1.54) is 16.7 Å². The molecule has 0 unspecified atom stereocenters. The highest BCUT2D eigenvalue weighted by Crippen LogP contribution is 2.21. The third-order valence-corrected chi connectivity index (χ3v) is 2.43. The topological polar surface area (TPSA) is 29.9 Å². The van der Waals surface area contributed by atoms with Crippen molar-refractivity contribution in [2.24, 2.45) is 0 Å². The van der Waals surface area contributed by atoms with Crippen LogP contribution in [-0.2, 0) is 0 Å². The van der Waals surface area contributed by atoms with Crippen LogP contribution < -0.4 is 5.32 Å². The predicted molar refractivity (Wildman–Crippen MR) is 67.0 cm³/mol. The molecule has 0 atom stereocenters. The van der Waals surface area contributed by atoms with Crippen molar-refractivity contribution in [3.8, 4) is 5.69 Å². The normalized spacial score (nSPS) is 11.0. The molecule has 0 spiro atoms. The monoisotopic (exact) mass is 251 g/mol. The van der Waals surface area contributed by atoms with Crippen LogP contribution in [0, 0.1) is 18.6 Å². The highest BCUT2D eigenvalue weighted by atomic mass is 19.2. The Kier molecular flexibility index (Phi) is 3.32. The number of halogens is 2. The predicted octanol–water partition coefficient (Wildman–Crippen LogP) is 3.28. The van der Waals surface area contributed by atoms with Gasteiger partial charge in [0.05, 0.1) is 11.4 Å². The molecule has 3 nitrogen and oxygen atoms in total. The minimum atomic E-state index is -0.873. The van der Waals surface area contributed by atoms with Gasteiger partial charge in [-0.25, -0.2) is 13.8 Å². The minimum absolute atomic E-state index is 0.152. The molecule has 0 fully saturated rings. The van der Waals surface area contributed by atoms with Crippen molar-refractivity contribution >= 4 is 5.95 Å². The zero-order valence-electron chi connectivity index (χ0n) is 10.5. The fourth-order valence-corrected chi connectivity index (χ4v) is 1.72. The van der Waals surface area contributed by atoms with Crippen molar-refractivity contribution in [2.45, 2.75) is 26.8 Å². The quantitative estimate of drug-likeness (QED) is 0.907. The summed E-state index contributed by atoms with van der Waals surface area (Å²) in [6.45, 7) is 5.71. The van der Waals surface area contributed by atoms with Gasteiger partial charge in [0.25, 0.3) is 0 Å². The van der Waals surface area contributed by atoms with Crippen LogP contribution in [0.5, 0.6) is 0 Å². The molecule has 1 aromatic carbocycles. The van der Waals surface area contributed by atoms with E-state index in [4.69, 9.17) is 0 Å². The zero-order valence-corrected chi connectivity index (χ0v) is 10.5. The van der Waals surface area contributed by atoms with Crippen LogP contribution in [0.4, 0.5) is 14.7 Å². The Labute approximate surface area is 104 Å². The largest absolute Gasteiger partial charge is 0.353 e. The standard InChI is InChI=1S/C13H15F2N3/c1-8(2)16-13-17-9(3)7-18(13)11-6-4-5-10(14)12(11)15/h4-8H,1-3H3,(H,16,17). The van der Waals surface area contributed by atoms with Gasteiger partial charge in [0.15, 0.2) is 11.6 Å². The fourth-order valence-electron chi connectivity index (χ4n) is 1.72. The van der Waals surface area contributed by atoms with E-state index >= 15 is 0 Å². The summed E-state index contributed by atoms with van der Waals surface area (Å²) >= 11 is 0. The van der Waals surface area contributed by atoms with Gasteiger partial charge >= 0.3 is 0 Å². The van der Waals surface area contributed by atoms with Gasteiger partial charge in [-0.05, 0) is 32.9 Å². The van der Waals surface area contributed by atoms with Gasteiger partial charge in [-0.1, -0.05) is 6.07 Å². The fraction of sp³-hybridized carbons (Fsp3) is 0.308. The first-order valence-corrected chi connectivity index (χ1v) is 5.76. The van der Waals surface area contributed by atoms with E-state index in [1.54, 1.807) is 13.1 Å². The van der Waals surface area contributed by atoms with Crippen LogP contribution in [0.3, 0.4) is 0 Å². The molecule has 1 aromatic heterocycles. The van der Waals surface area contributed by atoms with Gasteiger partial charge in [0.1, 0.15) is 0 Å². The molecule has 2 rings (SSSR count). The van der Waals surface area contributed by atoms with Crippen molar-refractivity contribution in [3.63, 3.8) is 0 Å². The van der Waals surface area contributed by atoms with Crippen LogP contribution in [-0.4, -0.2) is 15.6 Å². The summed E-state index contributed by atoms with van der Waals surface area (Å²) in [7, 11) is 0. The van der Waals surface area contributed by atoms with Crippen LogP contribution >= 0.6 is 0 Å². The van der Waals surface area contributed by atoms with E-state index in [9.17, 15) is 8.78 Å². The van der Waals surface area contributed by atoms with E-state index in [2.05, 4.69) is 10.3 Å². The molecule has 0 bridgehead atoms. The number of anilines is 1. The Morgan fingerprint density at radius 3 is 2.67 bits per heavy atom. The number of imidazole rings is 1. The maximum Gasteiger partial charge on any atom is 0.208 e. The second kappa shape index (κ2) is 4.76. The van der Waals surface area contributed by atoms with E-state index in [-0.39, 0.29) is 11.7 Å². The molecule has 0 aliphatic rings. The van der Waals surface area contributed by atoms with Crippen LogP contribution in [0.1, 0.15) is 19.5 Å². The summed E-state index contributed by atoms with van der Waals surface area (Å²) in [4.78, 5) is 4.26. The highest BCUT2D eigenvalue weighted by molar-refractivity contribution is 5.44. The highest BCUT2D eigenvalue weighted by Gasteiger charge is 2.14. The van der Waals surface area contributed by atoms with E-state index < -0.39 is 11.6 Å². The molecule has 5 heteroatoms. The molecule has 0 saturated carbocycles. The maximum absolute atomic E-state index is 13.8. The molecular weight excluding hydrogens is 236 g/mol. The van der Waals surface area contributed by atoms with Crippen LogP contribution in [0.2, 0.25) is 0 Å². The number of rotatable bonds is 3. The zero-order chi connectivity index (χ0) is 13.3. The summed E-state index contributed by atoms with van der Waals surface area (Å²) in [5.41, 5.74) is 0.889. The Balaban J connectivity index is 2.53. The molecule has 2 aromatic rings. The first-order valence-electron chi connectivity index (χ1n) is 5.76. The minimum Gasteiger partial charge on any atom is -0.353 e. The Morgan fingerprint density at radius 2 is 2.00 bits per heavy atom. The van der Waals surface area contributed by atoms with E-state index in [0.29, 0.717) is 5.95 Å². The summed E-state index contributed by atoms with van der Waals surface area (Å²) in [6.07, 6.45) is 1.67. The number of nitrogens with zero attached hydrogens (tertiary/aromatic N) is 2. The Hall–Kier alpha value is -1.91. The number of aryl methyl sites for hydroxylation is 1. The SMILES string of the molecule is Cc1cn(-c2cccc(F)c2F)c(NC(C)C)n1. The van der Waals surface area contributed by atoms with Crippen molar-refractivity contribution in [1.82, 2.24) is 9.55 Å². The molecule has 0 radical (unpaired) electrons. The molecule has 18 heavy (non-hydrogen) atoms. The van der Waals surface area contributed by atoms with Gasteiger partial charge in [0.2, 0.25) is 5.95 Å². The number of hydrogen-bond acceptors (Lipinski definition) is 2. The maximum atomic E-state index is 13.8. The lowest BCUT2D eigenvalue weighted by Gasteiger charge is -2.12. The summed E-state index contributed by atoms with van der Waals surface area (Å²) < 4.78 is 28.5. The lowest BCUT2D eigenvalue weighted by molar-refractivity contribution is 0.504. The summed E-state index contributed by atoms with van der Waals surface area (Å²) in [5, 5.41) is 3.10. The first kappa shape index (κ1) is 12.5. The second-order valence-corrected chi connectivity index (χ2v) is 4.45.